The van der Waals surface area contributed by atoms with Crippen molar-refractivity contribution in [1.29, 1.82) is 0 Å². The van der Waals surface area contributed by atoms with Gasteiger partial charge in [0.2, 0.25) is 0 Å². The minimum Gasteiger partial charge on any atom is -0.370 e. The Bertz CT molecular complexity index is 677. The number of anilines is 1. The van der Waals surface area contributed by atoms with Gasteiger partial charge in [0.05, 0.1) is 18.8 Å². The quantitative estimate of drug-likeness (QED) is 0.853. The lowest BCUT2D eigenvalue weighted by Gasteiger charge is -2.48. The number of aromatic nitrogens is 1. The highest BCUT2D eigenvalue weighted by atomic mass is 32.1. The lowest BCUT2D eigenvalue weighted by molar-refractivity contribution is -0.116. The molecule has 128 valence electrons. The van der Waals surface area contributed by atoms with E-state index in [-0.39, 0.29) is 11.4 Å². The predicted octanol–water partition coefficient (Wildman–Crippen LogP) is 3.15. The fourth-order valence-corrected chi connectivity index (χ4v) is 4.48. The van der Waals surface area contributed by atoms with E-state index in [0.29, 0.717) is 0 Å². The average molecular weight is 347 g/mol. The summed E-state index contributed by atoms with van der Waals surface area (Å²) in [5.74, 6) is -0.179. The molecule has 2 fully saturated rings. The third kappa shape index (κ3) is 3.45. The third-order valence-electron chi connectivity index (χ3n) is 4.88. The van der Waals surface area contributed by atoms with E-state index in [1.807, 2.05) is 17.6 Å². The molecule has 0 bridgehead atoms. The summed E-state index contributed by atoms with van der Waals surface area (Å²) in [4.78, 5) is 9.11. The Balaban J connectivity index is 1.47. The summed E-state index contributed by atoms with van der Waals surface area (Å²) >= 11 is 1.70. The number of rotatable bonds is 3. The first-order chi connectivity index (χ1) is 11.7. The molecule has 24 heavy (non-hydrogen) atoms. The minimum absolute atomic E-state index is 0.153. The number of hydrogen-bond donors (Lipinski definition) is 0. The second-order valence-corrected chi connectivity index (χ2v) is 7.65. The van der Waals surface area contributed by atoms with Crippen molar-refractivity contribution in [3.8, 4) is 0 Å². The van der Waals surface area contributed by atoms with Gasteiger partial charge in [-0.15, -0.1) is 11.3 Å². The van der Waals surface area contributed by atoms with Crippen molar-refractivity contribution in [2.45, 2.75) is 25.0 Å². The number of hydrogen-bond acceptors (Lipinski definition) is 5. The van der Waals surface area contributed by atoms with Crippen LogP contribution >= 0.6 is 11.3 Å². The van der Waals surface area contributed by atoms with Gasteiger partial charge >= 0.3 is 0 Å². The van der Waals surface area contributed by atoms with Gasteiger partial charge in [-0.2, -0.15) is 0 Å². The average Bonchev–Trinajstić information content (AvgIpc) is 3.08. The first-order valence-electron chi connectivity index (χ1n) is 8.48. The number of piperidine rings is 1. The van der Waals surface area contributed by atoms with E-state index in [9.17, 15) is 4.39 Å². The Hall–Kier alpha value is -1.50. The van der Waals surface area contributed by atoms with Gasteiger partial charge in [-0.05, 0) is 31.0 Å². The summed E-state index contributed by atoms with van der Waals surface area (Å²) < 4.78 is 19.8. The fraction of sp³-hybridized carbons (Fsp3) is 0.500. The van der Waals surface area contributed by atoms with Crippen molar-refractivity contribution in [2.75, 3.05) is 37.7 Å². The Morgan fingerprint density at radius 2 is 2.25 bits per heavy atom. The van der Waals surface area contributed by atoms with E-state index < -0.39 is 0 Å². The van der Waals surface area contributed by atoms with Crippen molar-refractivity contribution in [3.63, 3.8) is 0 Å². The van der Waals surface area contributed by atoms with E-state index in [2.05, 4.69) is 14.8 Å². The molecule has 0 unspecified atom stereocenters. The lowest BCUT2D eigenvalue weighted by Crippen LogP contribution is -2.59. The lowest BCUT2D eigenvalue weighted by atomic mass is 9.90. The summed E-state index contributed by atoms with van der Waals surface area (Å²) in [5, 5.41) is 3.18. The van der Waals surface area contributed by atoms with Crippen LogP contribution in [0.15, 0.2) is 35.8 Å². The molecule has 4 nitrogen and oxygen atoms in total. The van der Waals surface area contributed by atoms with Crippen molar-refractivity contribution in [2.24, 2.45) is 0 Å². The summed E-state index contributed by atoms with van der Waals surface area (Å²) in [6.07, 6.45) is 4.00. The van der Waals surface area contributed by atoms with Crippen LogP contribution in [0, 0.1) is 5.82 Å². The smallest absolute Gasteiger partial charge is 0.125 e. The van der Waals surface area contributed by atoms with Crippen LogP contribution in [-0.2, 0) is 11.3 Å². The van der Waals surface area contributed by atoms with E-state index in [0.717, 1.165) is 62.9 Å². The SMILES string of the molecule is Fc1cccc(N2CCC[C@@]3(CN(Cc4nccs4)CCO3)C2)c1. The molecule has 0 amide bonds. The molecular weight excluding hydrogens is 325 g/mol. The number of morpholine rings is 1. The van der Waals surface area contributed by atoms with Crippen LogP contribution in [0.3, 0.4) is 0 Å². The van der Waals surface area contributed by atoms with Gasteiger partial charge in [-0.25, -0.2) is 9.37 Å². The zero-order chi connectivity index (χ0) is 16.4. The molecule has 2 saturated heterocycles. The maximum Gasteiger partial charge on any atom is 0.125 e. The van der Waals surface area contributed by atoms with E-state index in [1.54, 1.807) is 23.5 Å². The zero-order valence-electron chi connectivity index (χ0n) is 13.7. The van der Waals surface area contributed by atoms with Crippen LogP contribution in [0.4, 0.5) is 10.1 Å². The third-order valence-corrected chi connectivity index (χ3v) is 5.65. The maximum atomic E-state index is 13.6. The molecule has 3 heterocycles. The standard InChI is InChI=1S/C18H22FN3OS/c19-15-3-1-4-16(11-15)22-7-2-5-18(14-22)13-21(8-9-23-18)12-17-20-6-10-24-17/h1,3-4,6,10-11H,2,5,7-9,12-14H2/t18-/m1/s1. The molecule has 4 rings (SSSR count). The molecule has 1 aromatic heterocycles. The highest BCUT2D eigenvalue weighted by Gasteiger charge is 2.40. The first kappa shape index (κ1) is 16.0. The van der Waals surface area contributed by atoms with Gasteiger partial charge < -0.3 is 9.64 Å². The number of nitrogens with zero attached hydrogens (tertiary/aromatic N) is 3. The highest BCUT2D eigenvalue weighted by Crippen LogP contribution is 2.32. The van der Waals surface area contributed by atoms with Gasteiger partial charge in [0.1, 0.15) is 10.8 Å². The Morgan fingerprint density at radius 1 is 1.29 bits per heavy atom. The molecule has 6 heteroatoms. The second kappa shape index (κ2) is 6.78. The summed E-state index contributed by atoms with van der Waals surface area (Å²) in [6.45, 7) is 5.29. The van der Waals surface area contributed by atoms with Gasteiger partial charge in [-0.1, -0.05) is 6.07 Å². The van der Waals surface area contributed by atoms with E-state index in [1.165, 1.54) is 6.07 Å². The highest BCUT2D eigenvalue weighted by molar-refractivity contribution is 7.09. The molecule has 1 spiro atoms. The van der Waals surface area contributed by atoms with Crippen molar-refractivity contribution in [3.05, 3.63) is 46.7 Å². The molecule has 0 aliphatic carbocycles. The molecule has 1 aromatic carbocycles. The largest absolute Gasteiger partial charge is 0.370 e. The van der Waals surface area contributed by atoms with Gasteiger partial charge in [0.15, 0.2) is 0 Å². The monoisotopic (exact) mass is 347 g/mol. The Kier molecular flexibility index (Phi) is 4.52. The van der Waals surface area contributed by atoms with Crippen molar-refractivity contribution in [1.82, 2.24) is 9.88 Å². The minimum atomic E-state index is -0.179. The zero-order valence-corrected chi connectivity index (χ0v) is 14.5. The Labute approximate surface area is 145 Å². The maximum absolute atomic E-state index is 13.6. The number of ether oxygens (including phenoxy) is 1. The van der Waals surface area contributed by atoms with Crippen LogP contribution in [0.2, 0.25) is 0 Å². The molecular formula is C18H22FN3OS. The van der Waals surface area contributed by atoms with Gasteiger partial charge in [-0.3, -0.25) is 4.90 Å². The van der Waals surface area contributed by atoms with Crippen molar-refractivity contribution >= 4 is 17.0 Å². The Morgan fingerprint density at radius 3 is 3.08 bits per heavy atom. The molecule has 1 atom stereocenters. The van der Waals surface area contributed by atoms with Crippen molar-refractivity contribution < 1.29 is 9.13 Å². The molecule has 0 saturated carbocycles. The number of thiazole rings is 1. The molecule has 2 aromatic rings. The molecule has 0 N–H and O–H groups in total. The summed E-state index contributed by atoms with van der Waals surface area (Å²) in [6, 6.07) is 6.88. The molecule has 0 radical (unpaired) electrons. The van der Waals surface area contributed by atoms with Crippen LogP contribution in [0.1, 0.15) is 17.8 Å². The number of benzene rings is 1. The number of halogens is 1. The van der Waals surface area contributed by atoms with E-state index >= 15 is 0 Å². The van der Waals surface area contributed by atoms with Crippen LogP contribution in [0.5, 0.6) is 0 Å². The fourth-order valence-electron chi connectivity index (χ4n) is 3.82. The predicted molar refractivity (Wildman–Crippen MR) is 93.9 cm³/mol. The second-order valence-electron chi connectivity index (χ2n) is 6.67. The first-order valence-corrected chi connectivity index (χ1v) is 9.36. The van der Waals surface area contributed by atoms with Crippen LogP contribution in [-0.4, -0.2) is 48.3 Å². The van der Waals surface area contributed by atoms with E-state index in [4.69, 9.17) is 4.74 Å². The van der Waals surface area contributed by atoms with Crippen LogP contribution < -0.4 is 4.90 Å². The van der Waals surface area contributed by atoms with Crippen LogP contribution in [0.25, 0.3) is 0 Å². The van der Waals surface area contributed by atoms with Gasteiger partial charge in [0.25, 0.3) is 0 Å². The summed E-state index contributed by atoms with van der Waals surface area (Å²) in [5.41, 5.74) is 0.801. The summed E-state index contributed by atoms with van der Waals surface area (Å²) in [7, 11) is 0. The molecule has 2 aliphatic rings. The van der Waals surface area contributed by atoms with Gasteiger partial charge in [0, 0.05) is 43.4 Å². The molecule has 2 aliphatic heterocycles. The topological polar surface area (TPSA) is 28.6 Å². The normalized spacial score (nSPS) is 25.3.